The van der Waals surface area contributed by atoms with Crippen molar-refractivity contribution in [1.82, 2.24) is 10.2 Å². The number of benzene rings is 1. The first kappa shape index (κ1) is 15.3. The summed E-state index contributed by atoms with van der Waals surface area (Å²) in [4.78, 5) is 25.3. The van der Waals surface area contributed by atoms with Gasteiger partial charge in [-0.05, 0) is 43.6 Å². The number of hydrogen-bond acceptors (Lipinski definition) is 4. The van der Waals surface area contributed by atoms with E-state index in [-0.39, 0.29) is 30.7 Å². The van der Waals surface area contributed by atoms with Crippen molar-refractivity contribution in [2.24, 2.45) is 5.73 Å². The Kier molecular flexibility index (Phi) is 5.16. The summed E-state index contributed by atoms with van der Waals surface area (Å²) in [6.45, 7) is 1.61. The number of primary amides is 1. The molecule has 0 aliphatic carbocycles. The summed E-state index contributed by atoms with van der Waals surface area (Å²) in [6, 6.07) is 6.64. The molecule has 4 N–H and O–H groups in total. The molecule has 0 bridgehead atoms. The van der Waals surface area contributed by atoms with Gasteiger partial charge in [0, 0.05) is 6.04 Å². The van der Waals surface area contributed by atoms with E-state index in [0.717, 1.165) is 31.5 Å². The van der Waals surface area contributed by atoms with Crippen molar-refractivity contribution in [3.8, 4) is 5.75 Å². The lowest BCUT2D eigenvalue weighted by atomic mass is 10.0. The molecule has 6 nitrogen and oxygen atoms in total. The van der Waals surface area contributed by atoms with Gasteiger partial charge < -0.3 is 21.1 Å². The molecule has 0 unspecified atom stereocenters. The van der Waals surface area contributed by atoms with E-state index in [1.807, 2.05) is 0 Å². The highest BCUT2D eigenvalue weighted by atomic mass is 16.3. The molecule has 0 aromatic heterocycles. The van der Waals surface area contributed by atoms with Gasteiger partial charge in [0.25, 0.3) is 0 Å². The highest BCUT2D eigenvalue weighted by Crippen LogP contribution is 2.16. The standard InChI is InChI=1S/C15H21N3O3/c16-14(20)10-18(12-4-6-17-7-5-12)15(21)9-11-2-1-3-13(19)8-11/h1-3,8,12,17,19H,4-7,9-10H2,(H2,16,20). The van der Waals surface area contributed by atoms with Crippen molar-refractivity contribution in [3.05, 3.63) is 29.8 Å². The van der Waals surface area contributed by atoms with Gasteiger partial charge in [-0.2, -0.15) is 0 Å². The van der Waals surface area contributed by atoms with E-state index in [1.165, 1.54) is 0 Å². The molecule has 1 aromatic carbocycles. The summed E-state index contributed by atoms with van der Waals surface area (Å²) in [7, 11) is 0. The van der Waals surface area contributed by atoms with Crippen LogP contribution in [0.1, 0.15) is 18.4 Å². The normalized spacial score (nSPS) is 15.6. The third-order valence-electron chi connectivity index (χ3n) is 3.66. The highest BCUT2D eigenvalue weighted by Gasteiger charge is 2.26. The van der Waals surface area contributed by atoms with E-state index in [2.05, 4.69) is 5.32 Å². The first-order valence-electron chi connectivity index (χ1n) is 7.12. The lowest BCUT2D eigenvalue weighted by Gasteiger charge is -2.34. The van der Waals surface area contributed by atoms with Crippen LogP contribution in [-0.2, 0) is 16.0 Å². The molecule has 21 heavy (non-hydrogen) atoms. The molecule has 0 atom stereocenters. The first-order valence-corrected chi connectivity index (χ1v) is 7.12. The summed E-state index contributed by atoms with van der Waals surface area (Å²) in [6.07, 6.45) is 1.80. The van der Waals surface area contributed by atoms with Crippen LogP contribution in [0.3, 0.4) is 0 Å². The van der Waals surface area contributed by atoms with E-state index in [9.17, 15) is 14.7 Å². The Morgan fingerprint density at radius 1 is 1.33 bits per heavy atom. The quantitative estimate of drug-likeness (QED) is 0.711. The number of aromatic hydroxyl groups is 1. The molecule has 0 saturated carbocycles. The number of nitrogens with zero attached hydrogens (tertiary/aromatic N) is 1. The fourth-order valence-electron chi connectivity index (χ4n) is 2.65. The third-order valence-corrected chi connectivity index (χ3v) is 3.66. The molecule has 0 spiro atoms. The van der Waals surface area contributed by atoms with Crippen molar-refractivity contribution in [3.63, 3.8) is 0 Å². The Labute approximate surface area is 123 Å². The predicted octanol–water partition coefficient (Wildman–Crippen LogP) is 0.000600. The van der Waals surface area contributed by atoms with Crippen LogP contribution in [-0.4, -0.2) is 47.5 Å². The van der Waals surface area contributed by atoms with Gasteiger partial charge in [0.05, 0.1) is 13.0 Å². The third kappa shape index (κ3) is 4.46. The van der Waals surface area contributed by atoms with Crippen molar-refractivity contribution < 1.29 is 14.7 Å². The summed E-state index contributed by atoms with van der Waals surface area (Å²) in [5.74, 6) is -0.507. The molecule has 1 aliphatic heterocycles. The van der Waals surface area contributed by atoms with E-state index in [0.29, 0.717) is 0 Å². The average Bonchev–Trinajstić information content (AvgIpc) is 2.45. The zero-order chi connectivity index (χ0) is 15.2. The number of phenols is 1. The van der Waals surface area contributed by atoms with Gasteiger partial charge in [-0.15, -0.1) is 0 Å². The Morgan fingerprint density at radius 2 is 2.05 bits per heavy atom. The Bertz CT molecular complexity index is 513. The number of hydrogen-bond donors (Lipinski definition) is 3. The molecule has 1 fully saturated rings. The number of rotatable bonds is 5. The van der Waals surface area contributed by atoms with Crippen molar-refractivity contribution in [1.29, 1.82) is 0 Å². The number of nitrogens with one attached hydrogen (secondary N) is 1. The SMILES string of the molecule is NC(=O)CN(C(=O)Cc1cccc(O)c1)C1CCNCC1. The minimum absolute atomic E-state index is 0.0450. The maximum absolute atomic E-state index is 12.5. The number of amides is 2. The zero-order valence-electron chi connectivity index (χ0n) is 11.9. The van der Waals surface area contributed by atoms with E-state index < -0.39 is 5.91 Å². The van der Waals surface area contributed by atoms with Gasteiger partial charge in [0.2, 0.25) is 11.8 Å². The summed E-state index contributed by atoms with van der Waals surface area (Å²) < 4.78 is 0. The molecule has 1 aromatic rings. The van der Waals surface area contributed by atoms with Gasteiger partial charge in [0.1, 0.15) is 5.75 Å². The zero-order valence-corrected chi connectivity index (χ0v) is 11.9. The van der Waals surface area contributed by atoms with Crippen molar-refractivity contribution in [2.45, 2.75) is 25.3 Å². The summed E-state index contributed by atoms with van der Waals surface area (Å²) >= 11 is 0. The number of phenolic OH excluding ortho intramolecular Hbond substituents is 1. The molecular weight excluding hydrogens is 270 g/mol. The molecule has 1 heterocycles. The Morgan fingerprint density at radius 3 is 2.67 bits per heavy atom. The first-order chi connectivity index (χ1) is 10.1. The second-order valence-corrected chi connectivity index (χ2v) is 5.32. The predicted molar refractivity (Wildman–Crippen MR) is 78.6 cm³/mol. The largest absolute Gasteiger partial charge is 0.508 e. The van der Waals surface area contributed by atoms with Gasteiger partial charge in [-0.3, -0.25) is 9.59 Å². The smallest absolute Gasteiger partial charge is 0.237 e. The lowest BCUT2D eigenvalue weighted by Crippen LogP contribution is -2.49. The lowest BCUT2D eigenvalue weighted by molar-refractivity contribution is -0.137. The minimum atomic E-state index is -0.502. The maximum Gasteiger partial charge on any atom is 0.237 e. The number of carbonyl (C=O) groups excluding carboxylic acids is 2. The second-order valence-electron chi connectivity index (χ2n) is 5.32. The van der Waals surface area contributed by atoms with Gasteiger partial charge in [-0.25, -0.2) is 0 Å². The molecule has 6 heteroatoms. The summed E-state index contributed by atoms with van der Waals surface area (Å²) in [5.41, 5.74) is 5.99. The Hall–Kier alpha value is -2.08. The summed E-state index contributed by atoms with van der Waals surface area (Å²) in [5, 5.41) is 12.7. The van der Waals surface area contributed by atoms with Crippen LogP contribution in [0, 0.1) is 0 Å². The van der Waals surface area contributed by atoms with E-state index in [4.69, 9.17) is 5.73 Å². The van der Waals surface area contributed by atoms with Crippen LogP contribution in [0.2, 0.25) is 0 Å². The number of carbonyl (C=O) groups is 2. The highest BCUT2D eigenvalue weighted by molar-refractivity contribution is 5.85. The van der Waals surface area contributed by atoms with Crippen molar-refractivity contribution in [2.75, 3.05) is 19.6 Å². The van der Waals surface area contributed by atoms with Gasteiger partial charge in [-0.1, -0.05) is 12.1 Å². The number of piperidine rings is 1. The second kappa shape index (κ2) is 7.08. The van der Waals surface area contributed by atoms with Gasteiger partial charge >= 0.3 is 0 Å². The van der Waals surface area contributed by atoms with E-state index in [1.54, 1.807) is 29.2 Å². The van der Waals surface area contributed by atoms with E-state index >= 15 is 0 Å². The number of nitrogens with two attached hydrogens (primary N) is 1. The fourth-order valence-corrected chi connectivity index (χ4v) is 2.65. The molecule has 114 valence electrons. The molecule has 2 amide bonds. The molecule has 1 aliphatic rings. The van der Waals surface area contributed by atoms with Gasteiger partial charge in [0.15, 0.2) is 0 Å². The maximum atomic E-state index is 12.5. The minimum Gasteiger partial charge on any atom is -0.508 e. The topological polar surface area (TPSA) is 95.7 Å². The average molecular weight is 291 g/mol. The molecule has 2 rings (SSSR count). The van der Waals surface area contributed by atoms with Crippen LogP contribution in [0.5, 0.6) is 5.75 Å². The Balaban J connectivity index is 2.07. The van der Waals surface area contributed by atoms with Crippen LogP contribution in [0.4, 0.5) is 0 Å². The van der Waals surface area contributed by atoms with Crippen LogP contribution >= 0.6 is 0 Å². The van der Waals surface area contributed by atoms with Crippen molar-refractivity contribution >= 4 is 11.8 Å². The van der Waals surface area contributed by atoms with Crippen LogP contribution in [0.25, 0.3) is 0 Å². The van der Waals surface area contributed by atoms with Crippen LogP contribution < -0.4 is 11.1 Å². The monoisotopic (exact) mass is 291 g/mol. The molecule has 1 saturated heterocycles. The van der Waals surface area contributed by atoms with Crippen LogP contribution in [0.15, 0.2) is 24.3 Å². The fraction of sp³-hybridized carbons (Fsp3) is 0.467. The molecule has 0 radical (unpaired) electrons. The molecular formula is C15H21N3O3.